The van der Waals surface area contributed by atoms with Crippen LogP contribution in [0, 0.1) is 11.3 Å². The average molecular weight is 591 g/mol. The first kappa shape index (κ1) is 29.5. The van der Waals surface area contributed by atoms with Gasteiger partial charge in [0.2, 0.25) is 15.9 Å². The number of likely N-dealkylation sites (tertiary alicyclic amines) is 1. The Bertz CT molecular complexity index is 1200. The molecular formula is C29H43ClN6O3S. The van der Waals surface area contributed by atoms with E-state index in [1.54, 1.807) is 6.33 Å². The third-order valence-electron chi connectivity index (χ3n) is 9.50. The Morgan fingerprint density at radius 3 is 2.33 bits per heavy atom. The first-order chi connectivity index (χ1) is 19.2. The fourth-order valence-corrected chi connectivity index (χ4v) is 8.15. The summed E-state index contributed by atoms with van der Waals surface area (Å²) in [5.41, 5.74) is 1.20. The number of benzene rings is 1. The van der Waals surface area contributed by atoms with E-state index in [2.05, 4.69) is 20.3 Å². The number of piperidine rings is 2. The van der Waals surface area contributed by atoms with Crippen LogP contribution in [-0.2, 0) is 27.8 Å². The number of aromatic nitrogens is 3. The van der Waals surface area contributed by atoms with E-state index < -0.39 is 10.0 Å². The van der Waals surface area contributed by atoms with E-state index >= 15 is 0 Å². The molecule has 0 unspecified atom stereocenters. The lowest BCUT2D eigenvalue weighted by Crippen LogP contribution is -2.56. The molecule has 1 aromatic heterocycles. The van der Waals surface area contributed by atoms with Crippen molar-refractivity contribution in [3.8, 4) is 0 Å². The van der Waals surface area contributed by atoms with E-state index in [1.165, 1.54) is 42.7 Å². The van der Waals surface area contributed by atoms with Gasteiger partial charge in [0.15, 0.2) is 0 Å². The Morgan fingerprint density at radius 2 is 1.73 bits per heavy atom. The molecule has 0 spiro atoms. The summed E-state index contributed by atoms with van der Waals surface area (Å²) in [5.74, 6) is 0.796. The molecule has 1 saturated carbocycles. The zero-order valence-electron chi connectivity index (χ0n) is 23.5. The van der Waals surface area contributed by atoms with Crippen molar-refractivity contribution in [3.05, 3.63) is 47.5 Å². The summed E-state index contributed by atoms with van der Waals surface area (Å²) < 4.78 is 27.5. The van der Waals surface area contributed by atoms with Crippen LogP contribution in [0.4, 0.5) is 0 Å². The van der Waals surface area contributed by atoms with Gasteiger partial charge in [0, 0.05) is 43.8 Å². The summed E-state index contributed by atoms with van der Waals surface area (Å²) in [6, 6.07) is 7.43. The van der Waals surface area contributed by atoms with Crippen LogP contribution in [0.5, 0.6) is 0 Å². The fraction of sp³-hybridized carbons (Fsp3) is 0.690. The van der Waals surface area contributed by atoms with Gasteiger partial charge in [0.1, 0.15) is 12.7 Å². The molecule has 1 N–H and O–H groups in total. The number of hydrogen-bond donors (Lipinski definition) is 1. The maximum Gasteiger partial charge on any atom is 0.240 e. The van der Waals surface area contributed by atoms with Gasteiger partial charge >= 0.3 is 0 Å². The molecule has 1 aromatic carbocycles. The topological polar surface area (TPSA) is 100 Å². The van der Waals surface area contributed by atoms with Crippen LogP contribution in [0.3, 0.4) is 0 Å². The van der Waals surface area contributed by atoms with E-state index in [9.17, 15) is 13.2 Å². The minimum absolute atomic E-state index is 0.0951. The van der Waals surface area contributed by atoms with Crippen LogP contribution in [0.15, 0.2) is 36.9 Å². The number of rotatable bonds is 9. The van der Waals surface area contributed by atoms with E-state index in [0.29, 0.717) is 43.3 Å². The molecule has 11 heteroatoms. The number of carbonyl (C=O) groups is 1. The highest BCUT2D eigenvalue weighted by molar-refractivity contribution is 7.88. The van der Waals surface area contributed by atoms with E-state index in [4.69, 9.17) is 11.6 Å². The fourth-order valence-electron chi connectivity index (χ4n) is 7.15. The molecule has 2 saturated heterocycles. The van der Waals surface area contributed by atoms with Crippen molar-refractivity contribution in [1.82, 2.24) is 29.3 Å². The molecule has 9 nitrogen and oxygen atoms in total. The highest BCUT2D eigenvalue weighted by Crippen LogP contribution is 2.47. The quantitative estimate of drug-likeness (QED) is 0.477. The van der Waals surface area contributed by atoms with Crippen LogP contribution in [0.1, 0.15) is 63.4 Å². The largest absolute Gasteiger partial charge is 0.341 e. The lowest BCUT2D eigenvalue weighted by molar-refractivity contribution is -0.137. The number of nitrogens with zero attached hydrogens (tertiary/aromatic N) is 5. The van der Waals surface area contributed by atoms with E-state index in [1.807, 2.05) is 35.3 Å². The minimum atomic E-state index is -3.20. The highest BCUT2D eigenvalue weighted by atomic mass is 35.5. The van der Waals surface area contributed by atoms with Gasteiger partial charge in [-0.3, -0.25) is 9.48 Å². The van der Waals surface area contributed by atoms with Gasteiger partial charge in [-0.05, 0) is 74.0 Å². The molecule has 0 bridgehead atoms. The molecule has 3 aliphatic rings. The molecule has 40 heavy (non-hydrogen) atoms. The van der Waals surface area contributed by atoms with Gasteiger partial charge in [0.05, 0.1) is 12.3 Å². The lowest BCUT2D eigenvalue weighted by Gasteiger charge is -2.48. The summed E-state index contributed by atoms with van der Waals surface area (Å²) in [7, 11) is -3.20. The third kappa shape index (κ3) is 7.24. The van der Waals surface area contributed by atoms with Crippen molar-refractivity contribution >= 4 is 27.5 Å². The minimum Gasteiger partial charge on any atom is -0.341 e. The van der Waals surface area contributed by atoms with Crippen molar-refractivity contribution in [2.24, 2.45) is 11.3 Å². The SMILES string of the molecule is CS(=O)(=O)N1CCC(N[C@H](Cc2ccc(Cl)cc2)C(=O)N2CCC(Cn3cncn3)(C3CCCCC3)CC2)CC1. The van der Waals surface area contributed by atoms with Crippen molar-refractivity contribution in [2.45, 2.75) is 82.8 Å². The predicted molar refractivity (Wildman–Crippen MR) is 156 cm³/mol. The summed E-state index contributed by atoms with van der Waals surface area (Å²) in [4.78, 5) is 20.3. The Balaban J connectivity index is 1.28. The second kappa shape index (κ2) is 12.9. The van der Waals surface area contributed by atoms with Crippen molar-refractivity contribution < 1.29 is 13.2 Å². The zero-order chi connectivity index (χ0) is 28.2. The summed E-state index contributed by atoms with van der Waals surface area (Å²) >= 11 is 6.13. The maximum absolute atomic E-state index is 14.1. The van der Waals surface area contributed by atoms with E-state index in [-0.39, 0.29) is 23.4 Å². The molecule has 5 rings (SSSR count). The van der Waals surface area contributed by atoms with Crippen molar-refractivity contribution in [1.29, 1.82) is 0 Å². The van der Waals surface area contributed by atoms with Gasteiger partial charge in [-0.25, -0.2) is 17.7 Å². The number of hydrogen-bond acceptors (Lipinski definition) is 6. The van der Waals surface area contributed by atoms with Crippen LogP contribution in [0.25, 0.3) is 0 Å². The molecule has 220 valence electrons. The number of carbonyl (C=O) groups excluding carboxylic acids is 1. The monoisotopic (exact) mass is 590 g/mol. The van der Waals surface area contributed by atoms with Crippen molar-refractivity contribution in [3.63, 3.8) is 0 Å². The smallest absolute Gasteiger partial charge is 0.240 e. The second-order valence-corrected chi connectivity index (χ2v) is 14.5. The van der Waals surface area contributed by atoms with Crippen LogP contribution < -0.4 is 5.32 Å². The first-order valence-corrected chi connectivity index (χ1v) is 17.0. The lowest BCUT2D eigenvalue weighted by atomic mass is 9.63. The average Bonchev–Trinajstić information content (AvgIpc) is 3.47. The maximum atomic E-state index is 14.1. The highest BCUT2D eigenvalue weighted by Gasteiger charge is 2.44. The van der Waals surface area contributed by atoms with Crippen LogP contribution >= 0.6 is 11.6 Å². The van der Waals surface area contributed by atoms with E-state index in [0.717, 1.165) is 38.0 Å². The van der Waals surface area contributed by atoms with Gasteiger partial charge in [-0.1, -0.05) is 43.0 Å². The normalized spacial score (nSPS) is 22.3. The molecule has 0 radical (unpaired) electrons. The Kier molecular flexibility index (Phi) is 9.49. The third-order valence-corrected chi connectivity index (χ3v) is 11.1. The zero-order valence-corrected chi connectivity index (χ0v) is 25.1. The first-order valence-electron chi connectivity index (χ1n) is 14.8. The molecule has 3 heterocycles. The molecule has 2 aliphatic heterocycles. The number of nitrogens with one attached hydrogen (secondary N) is 1. The summed E-state index contributed by atoms with van der Waals surface area (Å²) in [6.07, 6.45) is 15.0. The molecule has 1 amide bonds. The molecule has 1 atom stereocenters. The second-order valence-electron chi connectivity index (χ2n) is 12.1. The van der Waals surface area contributed by atoms with Crippen molar-refractivity contribution in [2.75, 3.05) is 32.4 Å². The van der Waals surface area contributed by atoms with Gasteiger partial charge < -0.3 is 10.2 Å². The van der Waals surface area contributed by atoms with Gasteiger partial charge in [-0.15, -0.1) is 0 Å². The van der Waals surface area contributed by atoms with Gasteiger partial charge in [-0.2, -0.15) is 5.10 Å². The summed E-state index contributed by atoms with van der Waals surface area (Å²) in [6.45, 7) is 3.32. The summed E-state index contributed by atoms with van der Waals surface area (Å²) in [5, 5.41) is 8.75. The Hall–Kier alpha value is -2.01. The van der Waals surface area contributed by atoms with Gasteiger partial charge in [0.25, 0.3) is 0 Å². The Labute approximate surface area is 243 Å². The predicted octanol–water partition coefficient (Wildman–Crippen LogP) is 3.75. The number of amides is 1. The van der Waals surface area contributed by atoms with Crippen LogP contribution in [-0.4, -0.2) is 82.8 Å². The molecular weight excluding hydrogens is 548 g/mol. The number of halogens is 1. The Morgan fingerprint density at radius 1 is 1.05 bits per heavy atom. The molecule has 3 fully saturated rings. The molecule has 2 aromatic rings. The molecule has 1 aliphatic carbocycles. The number of sulfonamides is 1. The standard InChI is InChI=1S/C29H43ClN6O3S/c1-40(38,39)36-15-11-26(12-16-36)33-27(19-23-7-9-25(30)10-8-23)28(37)34-17-13-29(14-18-34,20-35-22-31-21-32-35)24-5-3-2-4-6-24/h7-10,21-22,24,26-27,33H,2-6,11-20H2,1H3/t27-/m1/s1. The van der Waals surface area contributed by atoms with Crippen LogP contribution in [0.2, 0.25) is 5.02 Å².